The zero-order chi connectivity index (χ0) is 24.7. The van der Waals surface area contributed by atoms with E-state index in [1.54, 1.807) is 12.3 Å². The Balaban J connectivity index is 1.93. The van der Waals surface area contributed by atoms with Gasteiger partial charge in [0, 0.05) is 40.5 Å². The molecule has 1 aromatic carbocycles. The van der Waals surface area contributed by atoms with Gasteiger partial charge in [0.1, 0.15) is 16.5 Å². The molecule has 2 aliphatic rings. The van der Waals surface area contributed by atoms with Crippen LogP contribution in [0.15, 0.2) is 22.3 Å². The summed E-state index contributed by atoms with van der Waals surface area (Å²) in [7, 11) is 0.444. The molecule has 0 fully saturated rings. The number of methoxy groups -OCH3 is 1. The lowest BCUT2D eigenvalue weighted by Crippen LogP contribution is -2.41. The Kier molecular flexibility index (Phi) is 9.20. The zero-order valence-corrected chi connectivity index (χ0v) is 21.0. The summed E-state index contributed by atoms with van der Waals surface area (Å²) in [5, 5.41) is 17.7. The molecule has 0 aromatic heterocycles. The zero-order valence-electron chi connectivity index (χ0n) is 19.3. The van der Waals surface area contributed by atoms with Gasteiger partial charge in [-0.25, -0.2) is 14.6 Å². The van der Waals surface area contributed by atoms with Crippen LogP contribution >= 0.6 is 22.2 Å². The summed E-state index contributed by atoms with van der Waals surface area (Å²) in [6, 6.07) is 0.944. The molecule has 2 aliphatic heterocycles. The van der Waals surface area contributed by atoms with Crippen molar-refractivity contribution in [2.24, 2.45) is 4.99 Å². The molecule has 3 rings (SSSR count). The summed E-state index contributed by atoms with van der Waals surface area (Å²) >= 11 is 1.39. The van der Waals surface area contributed by atoms with Gasteiger partial charge < -0.3 is 24.6 Å². The fourth-order valence-corrected chi connectivity index (χ4v) is 6.04. The first-order valence-electron chi connectivity index (χ1n) is 10.9. The van der Waals surface area contributed by atoms with E-state index in [0.29, 0.717) is 53.0 Å². The van der Waals surface area contributed by atoms with Crippen molar-refractivity contribution in [3.05, 3.63) is 34.0 Å². The fraction of sp³-hybridized carbons (Fsp3) is 0.478. The number of thioether (sulfide) groups is 1. The van der Waals surface area contributed by atoms with E-state index in [9.17, 15) is 19.5 Å². The number of hydrogen-bond donors (Lipinski definition) is 2. The van der Waals surface area contributed by atoms with Crippen LogP contribution in [0.25, 0.3) is 0 Å². The molecule has 2 heterocycles. The molecule has 184 valence electrons. The summed E-state index contributed by atoms with van der Waals surface area (Å²) in [6.07, 6.45) is 1.28. The number of cyclic esters (lactones) is 1. The van der Waals surface area contributed by atoms with Gasteiger partial charge in [-0.3, -0.25) is 4.79 Å². The number of aliphatic imine (C=N–C) groups is 1. The number of hydrogen-bond acceptors (Lipinski definition) is 9. The van der Waals surface area contributed by atoms with Crippen LogP contribution < -0.4 is 10.1 Å². The number of carbonyl (C=O) groups is 2. The second-order valence-corrected chi connectivity index (χ2v) is 10.1. The Hall–Kier alpha value is -2.75. The number of esters is 1. The molecule has 11 heteroatoms. The number of ether oxygens (including phenoxy) is 3. The first-order valence-corrected chi connectivity index (χ1v) is 13.3. The van der Waals surface area contributed by atoms with Crippen molar-refractivity contribution >= 4 is 44.4 Å². The summed E-state index contributed by atoms with van der Waals surface area (Å²) in [5.74, 6) is 0.575. The van der Waals surface area contributed by atoms with Gasteiger partial charge in [-0.1, -0.05) is 0 Å². The van der Waals surface area contributed by atoms with E-state index in [0.717, 1.165) is 0 Å². The molecule has 9 nitrogen and oxygen atoms in total. The van der Waals surface area contributed by atoms with E-state index in [1.807, 2.05) is 12.2 Å². The molecule has 1 unspecified atom stereocenters. The van der Waals surface area contributed by atoms with Gasteiger partial charge in [0.05, 0.1) is 31.9 Å². The van der Waals surface area contributed by atoms with Crippen LogP contribution in [0.3, 0.4) is 0 Å². The second-order valence-electron chi connectivity index (χ2n) is 7.57. The highest BCUT2D eigenvalue weighted by atomic mass is 32.2. The van der Waals surface area contributed by atoms with Crippen LogP contribution in [0.1, 0.15) is 47.7 Å². The predicted molar refractivity (Wildman–Crippen MR) is 132 cm³/mol. The average molecular weight is 509 g/mol. The number of amides is 1. The topological polar surface area (TPSA) is 124 Å². The minimum absolute atomic E-state index is 0.0749. The number of benzene rings is 1. The van der Waals surface area contributed by atoms with Crippen molar-refractivity contribution in [1.82, 2.24) is 5.32 Å². The fourth-order valence-electron chi connectivity index (χ4n) is 3.63. The molecule has 2 N–H and O–H groups in total. The number of carbonyl (C=O) groups excluding carboxylic acids is 3. The molecular weight excluding hydrogens is 480 g/mol. The molecule has 34 heavy (non-hydrogen) atoms. The van der Waals surface area contributed by atoms with E-state index in [-0.39, 0.29) is 36.0 Å². The number of nitrogens with one attached hydrogen (secondary N) is 1. The first-order chi connectivity index (χ1) is 16.4. The number of phenols is 1. The maximum absolute atomic E-state index is 12.9. The summed E-state index contributed by atoms with van der Waals surface area (Å²) < 4.78 is 16.2. The van der Waals surface area contributed by atoms with Gasteiger partial charge >= 0.3 is 5.97 Å². The molecule has 1 amide bonds. The van der Waals surface area contributed by atoms with Crippen LogP contribution in [0.5, 0.6) is 11.5 Å². The minimum Gasteiger partial charge on any atom is -0.507 e. The number of aromatic hydroxyl groups is 1. The van der Waals surface area contributed by atoms with Crippen LogP contribution in [0.4, 0.5) is 0 Å². The van der Waals surface area contributed by atoms with E-state index in [1.165, 1.54) is 24.9 Å². The Bertz CT molecular complexity index is 1080. The number of fused-ring (bicyclic) bond motifs is 1. The molecule has 0 saturated heterocycles. The quantitative estimate of drug-likeness (QED) is 0.469. The lowest BCUT2D eigenvalue weighted by molar-refractivity contribution is -0.121. The highest BCUT2D eigenvalue weighted by molar-refractivity contribution is 8.30. The van der Waals surface area contributed by atoms with Crippen LogP contribution in [-0.2, 0) is 24.8 Å². The first kappa shape index (κ1) is 25.9. The summed E-state index contributed by atoms with van der Waals surface area (Å²) in [4.78, 5) is 41.5. The SMILES string of the molecule is CCOC1=CS(=C=O)C([C@H]2CSCc3c(O)cc(OC)c(C)c3C(=O)OCCCCC(=O)N2)=N1. The summed E-state index contributed by atoms with van der Waals surface area (Å²) in [6.45, 7) is 4.12. The molecule has 0 radical (unpaired) electrons. The normalized spacial score (nSPS) is 21.7. The van der Waals surface area contributed by atoms with Gasteiger partial charge in [-0.05, 0) is 37.2 Å². The Morgan fingerprint density at radius 3 is 2.88 bits per heavy atom. The number of phenolic OH excluding ortho intramolecular Hbond substituents is 1. The second kappa shape index (κ2) is 12.1. The lowest BCUT2D eigenvalue weighted by Gasteiger charge is -2.21. The Morgan fingerprint density at radius 1 is 1.38 bits per heavy atom. The van der Waals surface area contributed by atoms with Crippen molar-refractivity contribution < 1.29 is 33.7 Å². The van der Waals surface area contributed by atoms with Gasteiger partial charge in [0.25, 0.3) is 0 Å². The molecule has 0 spiro atoms. The Labute approximate surface area is 204 Å². The van der Waals surface area contributed by atoms with Crippen molar-refractivity contribution in [2.45, 2.75) is 44.9 Å². The maximum atomic E-state index is 12.9. The predicted octanol–water partition coefficient (Wildman–Crippen LogP) is 3.35. The van der Waals surface area contributed by atoms with E-state index in [2.05, 4.69) is 10.3 Å². The van der Waals surface area contributed by atoms with Crippen LogP contribution in [0.2, 0.25) is 0 Å². The van der Waals surface area contributed by atoms with Gasteiger partial charge in [-0.15, -0.1) is 0 Å². The highest BCUT2D eigenvalue weighted by Crippen LogP contribution is 2.36. The van der Waals surface area contributed by atoms with E-state index >= 15 is 0 Å². The number of rotatable bonds is 4. The van der Waals surface area contributed by atoms with E-state index < -0.39 is 22.5 Å². The largest absolute Gasteiger partial charge is 0.507 e. The van der Waals surface area contributed by atoms with Gasteiger partial charge in [0.15, 0.2) is 5.23 Å². The maximum Gasteiger partial charge on any atom is 0.338 e. The standard InChI is InChI=1S/C23H28N2O7S2/c1-4-31-20-12-34(13-26)22(25-20)16-11-33-10-15-17(27)9-18(30-3)14(2)21(15)23(29)32-8-6-5-7-19(28)24-16/h9,12,16,27H,4-8,10-11H2,1-3H3,(H,24,28)/t16-,34?/m1/s1. The molecule has 1 aromatic rings. The van der Waals surface area contributed by atoms with Crippen molar-refractivity contribution in [3.63, 3.8) is 0 Å². The molecule has 0 aliphatic carbocycles. The van der Waals surface area contributed by atoms with Gasteiger partial charge in [-0.2, -0.15) is 11.8 Å². The molecule has 0 bridgehead atoms. The third-order valence-corrected chi connectivity index (χ3v) is 7.79. The monoisotopic (exact) mass is 508 g/mol. The van der Waals surface area contributed by atoms with Crippen LogP contribution in [0, 0.1) is 6.92 Å². The van der Waals surface area contributed by atoms with Crippen molar-refractivity contribution in [3.8, 4) is 11.5 Å². The molecule has 0 saturated carbocycles. The van der Waals surface area contributed by atoms with Gasteiger partial charge in [0.2, 0.25) is 11.8 Å². The Morgan fingerprint density at radius 2 is 2.18 bits per heavy atom. The number of nitrogens with zero attached hydrogens (tertiary/aromatic N) is 1. The smallest absolute Gasteiger partial charge is 0.338 e. The minimum atomic E-state index is -1.03. The summed E-state index contributed by atoms with van der Waals surface area (Å²) in [5.41, 5.74) is 1.29. The molecular formula is C23H28N2O7S2. The average Bonchev–Trinajstić information content (AvgIpc) is 3.22. The van der Waals surface area contributed by atoms with Crippen LogP contribution in [-0.4, -0.2) is 59.4 Å². The highest BCUT2D eigenvalue weighted by Gasteiger charge is 2.28. The lowest BCUT2D eigenvalue weighted by atomic mass is 10.0. The van der Waals surface area contributed by atoms with Crippen molar-refractivity contribution in [2.75, 3.05) is 26.1 Å². The molecule has 2 atom stereocenters. The van der Waals surface area contributed by atoms with Crippen molar-refractivity contribution in [1.29, 1.82) is 0 Å². The third-order valence-electron chi connectivity index (χ3n) is 5.29. The third kappa shape index (κ3) is 6.02. The van der Waals surface area contributed by atoms with E-state index in [4.69, 9.17) is 14.2 Å².